The van der Waals surface area contributed by atoms with Gasteiger partial charge >= 0.3 is 5.69 Å². The summed E-state index contributed by atoms with van der Waals surface area (Å²) in [6.45, 7) is 3.35. The SMILES string of the molecule is CCn1ccc(=O)n(CC(=O)Nc2cc(S(=O)(=O)N(C)C)ccc2C)c1=O. The molecule has 0 unspecified atom stereocenters. The highest BCUT2D eigenvalue weighted by Crippen LogP contribution is 2.21. The van der Waals surface area contributed by atoms with Gasteiger partial charge in [0.05, 0.1) is 4.90 Å². The van der Waals surface area contributed by atoms with Crippen molar-refractivity contribution in [3.8, 4) is 0 Å². The van der Waals surface area contributed by atoms with Gasteiger partial charge in [0.25, 0.3) is 5.56 Å². The van der Waals surface area contributed by atoms with Crippen molar-refractivity contribution in [1.82, 2.24) is 13.4 Å². The van der Waals surface area contributed by atoms with E-state index >= 15 is 0 Å². The number of hydrogen-bond donors (Lipinski definition) is 1. The fourth-order valence-corrected chi connectivity index (χ4v) is 3.31. The van der Waals surface area contributed by atoms with E-state index in [1.165, 1.54) is 43.1 Å². The first-order chi connectivity index (χ1) is 12.6. The molecule has 0 saturated carbocycles. The Balaban J connectivity index is 2.32. The molecule has 146 valence electrons. The molecule has 1 N–H and O–H groups in total. The molecule has 0 spiro atoms. The molecule has 0 saturated heterocycles. The number of anilines is 1. The van der Waals surface area contributed by atoms with Gasteiger partial charge in [-0.3, -0.25) is 14.2 Å². The van der Waals surface area contributed by atoms with Gasteiger partial charge in [-0.2, -0.15) is 0 Å². The number of sulfonamides is 1. The molecule has 0 aliphatic heterocycles. The Labute approximate surface area is 156 Å². The van der Waals surface area contributed by atoms with Gasteiger partial charge in [-0.15, -0.1) is 0 Å². The van der Waals surface area contributed by atoms with E-state index < -0.39 is 33.7 Å². The highest BCUT2D eigenvalue weighted by atomic mass is 32.2. The Kier molecular flexibility index (Phi) is 6.01. The molecule has 2 rings (SSSR count). The van der Waals surface area contributed by atoms with E-state index in [9.17, 15) is 22.8 Å². The van der Waals surface area contributed by atoms with E-state index in [2.05, 4.69) is 5.32 Å². The lowest BCUT2D eigenvalue weighted by atomic mass is 10.2. The quantitative estimate of drug-likeness (QED) is 0.754. The van der Waals surface area contributed by atoms with Gasteiger partial charge in [0.15, 0.2) is 0 Å². The first kappa shape index (κ1) is 20.6. The van der Waals surface area contributed by atoms with Crippen LogP contribution in [-0.2, 0) is 27.9 Å². The fraction of sp³-hybridized carbons (Fsp3) is 0.353. The van der Waals surface area contributed by atoms with Crippen LogP contribution >= 0.6 is 0 Å². The largest absolute Gasteiger partial charge is 0.331 e. The third-order valence-corrected chi connectivity index (χ3v) is 5.85. The Bertz CT molecular complexity index is 1080. The number of hydrogen-bond acceptors (Lipinski definition) is 5. The van der Waals surface area contributed by atoms with Gasteiger partial charge in [0, 0.05) is 38.6 Å². The van der Waals surface area contributed by atoms with E-state index in [4.69, 9.17) is 0 Å². The van der Waals surface area contributed by atoms with Crippen molar-refractivity contribution < 1.29 is 13.2 Å². The number of amides is 1. The number of aryl methyl sites for hydroxylation is 2. The van der Waals surface area contributed by atoms with Gasteiger partial charge in [-0.05, 0) is 31.5 Å². The highest BCUT2D eigenvalue weighted by molar-refractivity contribution is 7.89. The minimum Gasteiger partial charge on any atom is -0.324 e. The number of rotatable bonds is 6. The predicted molar refractivity (Wildman–Crippen MR) is 101 cm³/mol. The number of nitrogens with one attached hydrogen (secondary N) is 1. The summed E-state index contributed by atoms with van der Waals surface area (Å²) in [5.41, 5.74) is -0.225. The maximum Gasteiger partial charge on any atom is 0.331 e. The Morgan fingerprint density at radius 3 is 2.44 bits per heavy atom. The summed E-state index contributed by atoms with van der Waals surface area (Å²) in [5, 5.41) is 2.57. The van der Waals surface area contributed by atoms with Gasteiger partial charge in [-0.25, -0.2) is 17.5 Å². The molecule has 1 aromatic heterocycles. The van der Waals surface area contributed by atoms with Gasteiger partial charge in [0.1, 0.15) is 6.54 Å². The number of aromatic nitrogens is 2. The average Bonchev–Trinajstić information content (AvgIpc) is 2.60. The summed E-state index contributed by atoms with van der Waals surface area (Å²) in [6.07, 6.45) is 1.37. The van der Waals surface area contributed by atoms with Crippen LogP contribution in [-0.4, -0.2) is 41.9 Å². The molecule has 0 bridgehead atoms. The molecular weight excluding hydrogens is 372 g/mol. The van der Waals surface area contributed by atoms with Crippen LogP contribution in [0.2, 0.25) is 0 Å². The van der Waals surface area contributed by atoms with E-state index in [-0.39, 0.29) is 4.90 Å². The van der Waals surface area contributed by atoms with E-state index in [1.807, 2.05) is 0 Å². The Hall–Kier alpha value is -2.72. The lowest BCUT2D eigenvalue weighted by Gasteiger charge is -2.15. The monoisotopic (exact) mass is 394 g/mol. The summed E-state index contributed by atoms with van der Waals surface area (Å²) in [4.78, 5) is 36.5. The first-order valence-corrected chi connectivity index (χ1v) is 9.65. The van der Waals surface area contributed by atoms with Gasteiger partial charge in [-0.1, -0.05) is 6.07 Å². The van der Waals surface area contributed by atoms with Crippen molar-refractivity contribution in [2.24, 2.45) is 0 Å². The lowest BCUT2D eigenvalue weighted by molar-refractivity contribution is -0.116. The van der Waals surface area contributed by atoms with Crippen molar-refractivity contribution in [1.29, 1.82) is 0 Å². The molecule has 0 aliphatic rings. The molecule has 0 aliphatic carbocycles. The van der Waals surface area contributed by atoms with Crippen molar-refractivity contribution in [3.05, 3.63) is 56.9 Å². The standard InChI is InChI=1S/C17H22N4O5S/c1-5-20-9-8-16(23)21(17(20)24)11-15(22)18-14-10-13(7-6-12(14)2)27(25,26)19(3)4/h6-10H,5,11H2,1-4H3,(H,18,22). The van der Waals surface area contributed by atoms with E-state index in [0.717, 1.165) is 8.87 Å². The number of carbonyl (C=O) groups excluding carboxylic acids is 1. The summed E-state index contributed by atoms with van der Waals surface area (Å²) in [5.74, 6) is -0.606. The normalized spacial score (nSPS) is 11.6. The molecule has 27 heavy (non-hydrogen) atoms. The third kappa shape index (κ3) is 4.34. The van der Waals surface area contributed by atoms with Crippen LogP contribution in [0.15, 0.2) is 44.9 Å². The number of carbonyl (C=O) groups is 1. The molecule has 1 heterocycles. The van der Waals surface area contributed by atoms with Crippen molar-refractivity contribution in [3.63, 3.8) is 0 Å². The maximum absolute atomic E-state index is 12.4. The third-order valence-electron chi connectivity index (χ3n) is 4.04. The van der Waals surface area contributed by atoms with Crippen molar-refractivity contribution >= 4 is 21.6 Å². The van der Waals surface area contributed by atoms with Crippen LogP contribution in [0.4, 0.5) is 5.69 Å². The molecule has 10 heteroatoms. The van der Waals surface area contributed by atoms with Gasteiger partial charge in [0.2, 0.25) is 15.9 Å². The minimum atomic E-state index is -3.66. The summed E-state index contributed by atoms with van der Waals surface area (Å²) < 4.78 is 27.7. The van der Waals surface area contributed by atoms with Crippen LogP contribution in [0.3, 0.4) is 0 Å². The topological polar surface area (TPSA) is 110 Å². The minimum absolute atomic E-state index is 0.0265. The molecule has 1 amide bonds. The second-order valence-electron chi connectivity index (χ2n) is 6.12. The molecule has 0 radical (unpaired) electrons. The van der Waals surface area contributed by atoms with E-state index in [0.29, 0.717) is 17.8 Å². The van der Waals surface area contributed by atoms with Crippen LogP contribution in [0.25, 0.3) is 0 Å². The highest BCUT2D eigenvalue weighted by Gasteiger charge is 2.19. The first-order valence-electron chi connectivity index (χ1n) is 8.21. The Morgan fingerprint density at radius 1 is 1.19 bits per heavy atom. The maximum atomic E-state index is 12.4. The second kappa shape index (κ2) is 7.89. The predicted octanol–water partition coefficient (Wildman–Crippen LogP) is 0.227. The van der Waals surface area contributed by atoms with Crippen LogP contribution in [0, 0.1) is 6.92 Å². The van der Waals surface area contributed by atoms with Gasteiger partial charge < -0.3 is 9.88 Å². The summed E-state index contributed by atoms with van der Waals surface area (Å²) in [6, 6.07) is 5.58. The van der Waals surface area contributed by atoms with Crippen molar-refractivity contribution in [2.45, 2.75) is 31.8 Å². The van der Waals surface area contributed by atoms with Crippen LogP contribution in [0.5, 0.6) is 0 Å². The Morgan fingerprint density at radius 2 is 1.85 bits per heavy atom. The molecule has 0 atom stereocenters. The second-order valence-corrected chi connectivity index (χ2v) is 8.27. The number of benzene rings is 1. The average molecular weight is 394 g/mol. The molecule has 2 aromatic rings. The molecule has 9 nitrogen and oxygen atoms in total. The van der Waals surface area contributed by atoms with Crippen LogP contribution < -0.4 is 16.6 Å². The zero-order valence-electron chi connectivity index (χ0n) is 15.6. The van der Waals surface area contributed by atoms with Crippen molar-refractivity contribution in [2.75, 3.05) is 19.4 Å². The molecule has 1 aromatic carbocycles. The summed E-state index contributed by atoms with van der Waals surface area (Å²) in [7, 11) is -0.838. The number of nitrogens with zero attached hydrogens (tertiary/aromatic N) is 3. The smallest absolute Gasteiger partial charge is 0.324 e. The molecule has 0 fully saturated rings. The zero-order chi connectivity index (χ0) is 20.4. The zero-order valence-corrected chi connectivity index (χ0v) is 16.4. The molecular formula is C17H22N4O5S. The van der Waals surface area contributed by atoms with Crippen LogP contribution in [0.1, 0.15) is 12.5 Å². The fourth-order valence-electron chi connectivity index (χ4n) is 2.38. The summed E-state index contributed by atoms with van der Waals surface area (Å²) >= 11 is 0. The van der Waals surface area contributed by atoms with E-state index in [1.54, 1.807) is 19.9 Å². The lowest BCUT2D eigenvalue weighted by Crippen LogP contribution is -2.41.